The number of amides is 5. The van der Waals surface area contributed by atoms with E-state index in [-0.39, 0.29) is 49.7 Å². The molecule has 310 valence electrons. The molecule has 2 aromatic carbocycles. The van der Waals surface area contributed by atoms with E-state index in [4.69, 9.17) is 14.2 Å². The molecule has 1 aromatic heterocycles. The Balaban J connectivity index is 1.32. The number of aryl methyl sites for hydroxylation is 1. The highest BCUT2D eigenvalue weighted by atomic mass is 16.6. The number of likely N-dealkylation sites (tertiary alicyclic amines) is 1. The van der Waals surface area contributed by atoms with Crippen molar-refractivity contribution >= 4 is 40.9 Å². The van der Waals surface area contributed by atoms with E-state index in [1.54, 1.807) is 70.2 Å². The summed E-state index contributed by atoms with van der Waals surface area (Å²) in [5.41, 5.74) is 1.93. The number of nitrogens with zero attached hydrogens (tertiary/aromatic N) is 6. The fraction of sp³-hybridized carbons (Fsp3) is 0.585. The van der Waals surface area contributed by atoms with Gasteiger partial charge in [0.15, 0.2) is 0 Å². The van der Waals surface area contributed by atoms with Gasteiger partial charge < -0.3 is 39.5 Å². The van der Waals surface area contributed by atoms with Crippen LogP contribution in [0.4, 0.5) is 9.59 Å². The number of alkyl carbamates (subject to hydrolysis) is 1. The van der Waals surface area contributed by atoms with Crippen molar-refractivity contribution in [2.45, 2.75) is 110 Å². The van der Waals surface area contributed by atoms with Crippen LogP contribution in [0.1, 0.15) is 78.9 Å². The number of nitrogens with one attached hydrogen (secondary N) is 2. The molecule has 16 nitrogen and oxygen atoms in total. The fourth-order valence-electron chi connectivity index (χ4n) is 7.30. The number of hydrogen-bond acceptors (Lipinski definition) is 10. The van der Waals surface area contributed by atoms with E-state index in [1.165, 1.54) is 4.90 Å². The van der Waals surface area contributed by atoms with Gasteiger partial charge in [-0.25, -0.2) is 14.3 Å². The molecule has 5 rings (SSSR count). The molecule has 57 heavy (non-hydrogen) atoms. The van der Waals surface area contributed by atoms with Crippen LogP contribution < -0.4 is 15.4 Å². The van der Waals surface area contributed by atoms with E-state index in [0.717, 1.165) is 22.4 Å². The molecule has 0 spiro atoms. The summed E-state index contributed by atoms with van der Waals surface area (Å²) in [6.45, 7) is 13.8. The topological polar surface area (TPSA) is 178 Å². The Morgan fingerprint density at radius 1 is 0.895 bits per heavy atom. The Bertz CT molecular complexity index is 1920. The molecule has 5 amide bonds. The molecule has 0 unspecified atom stereocenters. The summed E-state index contributed by atoms with van der Waals surface area (Å²) in [5.74, 6) is -0.370. The second-order valence-corrected chi connectivity index (χ2v) is 17.0. The monoisotopic (exact) mass is 790 g/mol. The lowest BCUT2D eigenvalue weighted by Gasteiger charge is -2.40. The van der Waals surface area contributed by atoms with Crippen LogP contribution >= 0.6 is 0 Å². The molecule has 0 saturated carbocycles. The number of benzene rings is 2. The molecule has 2 fully saturated rings. The molecule has 2 N–H and O–H groups in total. The number of fused-ring (bicyclic) bond motifs is 1. The molecule has 4 atom stereocenters. The van der Waals surface area contributed by atoms with Gasteiger partial charge in [0.1, 0.15) is 34.6 Å². The lowest BCUT2D eigenvalue weighted by Crippen LogP contribution is -2.56. The third-order valence-corrected chi connectivity index (χ3v) is 10.0. The van der Waals surface area contributed by atoms with E-state index in [0.29, 0.717) is 38.0 Å². The maximum atomic E-state index is 14.6. The zero-order valence-corrected chi connectivity index (χ0v) is 34.7. The number of hydrogen-bond donors (Lipinski definition) is 2. The van der Waals surface area contributed by atoms with Gasteiger partial charge >= 0.3 is 12.2 Å². The number of aromatic nitrogens is 3. The number of piperazine rings is 1. The first kappa shape index (κ1) is 42.7. The Hall–Kier alpha value is -5.41. The van der Waals surface area contributed by atoms with Crippen LogP contribution in [0.15, 0.2) is 42.5 Å². The first-order valence-electron chi connectivity index (χ1n) is 19.6. The smallest absolute Gasteiger partial charge is 0.410 e. The van der Waals surface area contributed by atoms with Crippen molar-refractivity contribution in [2.24, 2.45) is 13.0 Å². The highest BCUT2D eigenvalue weighted by Gasteiger charge is 2.43. The van der Waals surface area contributed by atoms with Gasteiger partial charge in [0.05, 0.1) is 12.6 Å². The van der Waals surface area contributed by atoms with Gasteiger partial charge in [-0.1, -0.05) is 23.4 Å². The van der Waals surface area contributed by atoms with Crippen molar-refractivity contribution < 1.29 is 38.2 Å². The molecule has 16 heteroatoms. The Labute approximate surface area is 334 Å². The zero-order valence-electron chi connectivity index (χ0n) is 34.7. The first-order valence-corrected chi connectivity index (χ1v) is 19.6. The molecule has 2 aliphatic heterocycles. The van der Waals surface area contributed by atoms with E-state index in [1.807, 2.05) is 49.4 Å². The Morgan fingerprint density at radius 3 is 2.23 bits per heavy atom. The van der Waals surface area contributed by atoms with E-state index in [2.05, 4.69) is 20.9 Å². The highest BCUT2D eigenvalue weighted by Crippen LogP contribution is 2.29. The second kappa shape index (κ2) is 17.8. The zero-order chi connectivity index (χ0) is 41.7. The minimum absolute atomic E-state index is 0.0258. The number of methoxy groups -OCH3 is 1. The van der Waals surface area contributed by atoms with Crippen molar-refractivity contribution in [3.63, 3.8) is 0 Å². The van der Waals surface area contributed by atoms with Crippen molar-refractivity contribution in [3.8, 4) is 5.75 Å². The van der Waals surface area contributed by atoms with Gasteiger partial charge in [0.25, 0.3) is 0 Å². The fourth-order valence-corrected chi connectivity index (χ4v) is 7.30. The number of carbonyl (C=O) groups is 5. The SMILES string of the molecule is COc1ccc(C[C@@H]2C[C@@H](C(=O)NCc3ccc4c(c3)nnn4C)N(C(=O)[C@@H](CCC(=O)N3CCN(C(=O)OC(C)(C)C)C[C@@H]3C)NC(=O)OC(C)(C)C)C2)cc1. The maximum absolute atomic E-state index is 14.6. The summed E-state index contributed by atoms with van der Waals surface area (Å²) in [4.78, 5) is 73.0. The lowest BCUT2D eigenvalue weighted by atomic mass is 9.96. The maximum Gasteiger partial charge on any atom is 0.410 e. The van der Waals surface area contributed by atoms with Gasteiger partial charge in [-0.05, 0) is 109 Å². The van der Waals surface area contributed by atoms with Crippen LogP contribution in [0.2, 0.25) is 0 Å². The predicted molar refractivity (Wildman–Crippen MR) is 212 cm³/mol. The normalized spacial score (nSPS) is 19.2. The Kier molecular flexibility index (Phi) is 13.3. The third kappa shape index (κ3) is 11.6. The van der Waals surface area contributed by atoms with Crippen LogP contribution in [0.5, 0.6) is 5.75 Å². The van der Waals surface area contributed by atoms with Crippen molar-refractivity contribution in [1.29, 1.82) is 0 Å². The van der Waals surface area contributed by atoms with Crippen LogP contribution in [0, 0.1) is 5.92 Å². The van der Waals surface area contributed by atoms with Crippen molar-refractivity contribution in [3.05, 3.63) is 53.6 Å². The summed E-state index contributed by atoms with van der Waals surface area (Å²) >= 11 is 0. The minimum Gasteiger partial charge on any atom is -0.497 e. The highest BCUT2D eigenvalue weighted by molar-refractivity contribution is 5.92. The third-order valence-electron chi connectivity index (χ3n) is 10.0. The quantitative estimate of drug-likeness (QED) is 0.286. The molecular formula is C41H58N8O8. The molecule has 0 radical (unpaired) electrons. The molecule has 2 saturated heterocycles. The summed E-state index contributed by atoms with van der Waals surface area (Å²) in [5, 5.41) is 14.0. The molecule has 3 aromatic rings. The van der Waals surface area contributed by atoms with Crippen molar-refractivity contribution in [2.75, 3.05) is 33.3 Å². The summed E-state index contributed by atoms with van der Waals surface area (Å²) in [7, 11) is 3.41. The summed E-state index contributed by atoms with van der Waals surface area (Å²) in [6, 6.07) is 11.0. The molecule has 0 aliphatic carbocycles. The Morgan fingerprint density at radius 2 is 1.58 bits per heavy atom. The van der Waals surface area contributed by atoms with Gasteiger partial charge in [-0.3, -0.25) is 14.4 Å². The molecule has 3 heterocycles. The van der Waals surface area contributed by atoms with Crippen LogP contribution in [0.3, 0.4) is 0 Å². The first-order chi connectivity index (χ1) is 26.8. The second-order valence-electron chi connectivity index (χ2n) is 17.0. The number of rotatable bonds is 11. The van der Waals surface area contributed by atoms with Crippen LogP contribution in [0.25, 0.3) is 11.0 Å². The van der Waals surface area contributed by atoms with Crippen LogP contribution in [-0.2, 0) is 43.9 Å². The van der Waals surface area contributed by atoms with E-state index in [9.17, 15) is 24.0 Å². The molecule has 2 aliphatic rings. The molecular weight excluding hydrogens is 732 g/mol. The average molecular weight is 791 g/mol. The van der Waals surface area contributed by atoms with Gasteiger partial charge in [0.2, 0.25) is 17.7 Å². The van der Waals surface area contributed by atoms with Gasteiger partial charge in [-0.15, -0.1) is 5.10 Å². The molecule has 0 bridgehead atoms. The van der Waals surface area contributed by atoms with E-state index < -0.39 is 41.4 Å². The van der Waals surface area contributed by atoms with Gasteiger partial charge in [-0.2, -0.15) is 0 Å². The summed E-state index contributed by atoms with van der Waals surface area (Å²) in [6.07, 6.45) is -0.326. The standard InChI is InChI=1S/C41H58N8O8/c1-26-24-47(39(54)57-41(5,6)7)18-19-48(26)35(50)17-15-31(43-38(53)56-40(2,3)4)37(52)49-25-29(20-27-10-13-30(55-9)14-11-27)22-34(49)36(51)42-23-28-12-16-33-32(21-28)44-45-46(33)8/h10-14,16,21,26,29,31,34H,15,17-20,22-25H2,1-9H3,(H,42,51)(H,43,53)/t26-,29+,31+,34-/m0/s1. The minimum atomic E-state index is -1.16. The van der Waals surface area contributed by atoms with E-state index >= 15 is 0 Å². The largest absolute Gasteiger partial charge is 0.497 e. The average Bonchev–Trinajstić information content (AvgIpc) is 3.73. The summed E-state index contributed by atoms with van der Waals surface area (Å²) < 4.78 is 18.1. The number of ether oxygens (including phenoxy) is 3. The lowest BCUT2D eigenvalue weighted by molar-refractivity contribution is -0.141. The van der Waals surface area contributed by atoms with Crippen molar-refractivity contribution in [1.82, 2.24) is 40.3 Å². The number of carbonyl (C=O) groups excluding carboxylic acids is 5. The van der Waals surface area contributed by atoms with Gasteiger partial charge in [0, 0.05) is 52.2 Å². The predicted octanol–water partition coefficient (Wildman–Crippen LogP) is 4.19. The van der Waals surface area contributed by atoms with Crippen LogP contribution in [-0.4, -0.2) is 122 Å².